The minimum Gasteiger partial charge on any atom is -0.826 e. The predicted octanol–water partition coefficient (Wildman–Crippen LogP) is 2.94. The topological polar surface area (TPSA) is 23.1 Å². The van der Waals surface area contributed by atoms with Crippen molar-refractivity contribution in [3.05, 3.63) is 40.8 Å². The maximum absolute atomic E-state index is 12.4. The molecule has 17 heavy (non-hydrogen) atoms. The van der Waals surface area contributed by atoms with Gasteiger partial charge < -0.3 is 5.11 Å². The summed E-state index contributed by atoms with van der Waals surface area (Å²) in [6.45, 7) is 6.30. The van der Waals surface area contributed by atoms with Crippen LogP contribution in [0.2, 0.25) is 0 Å². The summed E-state index contributed by atoms with van der Waals surface area (Å²) in [7, 11) is 0.817. The Labute approximate surface area is 109 Å². The maximum atomic E-state index is 12.4. The van der Waals surface area contributed by atoms with E-state index in [0.717, 1.165) is 19.9 Å². The van der Waals surface area contributed by atoms with Gasteiger partial charge in [0.2, 0.25) is 0 Å². The van der Waals surface area contributed by atoms with Gasteiger partial charge in [0.15, 0.2) is 0 Å². The van der Waals surface area contributed by atoms with E-state index in [4.69, 9.17) is 0 Å². The summed E-state index contributed by atoms with van der Waals surface area (Å²) in [4.78, 5) is 1.31. The molecular weight excluding hydrogens is 247 g/mol. The molecule has 1 atom stereocenters. The molecule has 1 aromatic rings. The van der Waals surface area contributed by atoms with Gasteiger partial charge in [-0.1, -0.05) is 44.1 Å². The van der Waals surface area contributed by atoms with Crippen molar-refractivity contribution in [3.63, 3.8) is 0 Å². The van der Waals surface area contributed by atoms with Gasteiger partial charge in [-0.3, -0.25) is 0 Å². The Hall–Kier alpha value is -0.560. The minimum atomic E-state index is -0.258. The highest BCUT2D eigenvalue weighted by Crippen LogP contribution is 2.46. The molecule has 0 bridgehead atoms. The molecule has 0 N–H and O–H groups in total. The molecule has 0 radical (unpaired) electrons. The summed E-state index contributed by atoms with van der Waals surface area (Å²) in [6.07, 6.45) is 0.891. The maximum Gasteiger partial charge on any atom is 0.0315 e. The first-order chi connectivity index (χ1) is 8.01. The van der Waals surface area contributed by atoms with Crippen molar-refractivity contribution < 1.29 is 5.11 Å². The smallest absolute Gasteiger partial charge is 0.0315 e. The second-order valence-corrected chi connectivity index (χ2v) is 7.46. The highest BCUT2D eigenvalue weighted by atomic mass is 32.2. The number of allylic oxidation sites excluding steroid dienone is 2. The van der Waals surface area contributed by atoms with E-state index in [1.54, 1.807) is 11.8 Å². The van der Waals surface area contributed by atoms with Crippen molar-refractivity contribution in [2.24, 2.45) is 0 Å². The van der Waals surface area contributed by atoms with E-state index in [1.165, 1.54) is 10.5 Å². The second kappa shape index (κ2) is 4.97. The van der Waals surface area contributed by atoms with Gasteiger partial charge in [0.05, 0.1) is 0 Å². The van der Waals surface area contributed by atoms with Crippen molar-refractivity contribution in [1.82, 2.24) is 0 Å². The zero-order valence-corrected chi connectivity index (χ0v) is 12.1. The van der Waals surface area contributed by atoms with E-state index in [0.29, 0.717) is 5.48 Å². The molecule has 0 fully saturated rings. The van der Waals surface area contributed by atoms with Crippen LogP contribution >= 0.6 is 20.0 Å². The van der Waals surface area contributed by atoms with Crippen LogP contribution in [0.15, 0.2) is 40.8 Å². The van der Waals surface area contributed by atoms with E-state index in [1.807, 2.05) is 30.3 Å². The van der Waals surface area contributed by atoms with Crippen molar-refractivity contribution in [1.29, 1.82) is 0 Å². The monoisotopic (exact) mass is 263 g/mol. The number of hydrogen-bond acceptors (Lipinski definition) is 2. The van der Waals surface area contributed by atoms with Gasteiger partial charge in [0, 0.05) is 10.1 Å². The van der Waals surface area contributed by atoms with Crippen LogP contribution in [0.3, 0.4) is 0 Å². The first kappa shape index (κ1) is 12.9. The van der Waals surface area contributed by atoms with Gasteiger partial charge in [0.1, 0.15) is 0 Å². The summed E-state index contributed by atoms with van der Waals surface area (Å²) < 4.78 is -0.258. The van der Waals surface area contributed by atoms with Gasteiger partial charge in [-0.15, -0.1) is 17.2 Å². The average molecular weight is 263 g/mol. The van der Waals surface area contributed by atoms with Crippen molar-refractivity contribution in [2.75, 3.05) is 0 Å². The van der Waals surface area contributed by atoms with Crippen LogP contribution < -0.4 is 10.4 Å². The molecule has 1 aliphatic heterocycles. The van der Waals surface area contributed by atoms with Crippen molar-refractivity contribution in [2.45, 2.75) is 31.9 Å². The van der Waals surface area contributed by atoms with Crippen LogP contribution in [-0.2, 0) is 0 Å². The van der Waals surface area contributed by atoms with Gasteiger partial charge in [0.25, 0.3) is 0 Å². The van der Waals surface area contributed by atoms with Gasteiger partial charge in [-0.05, 0) is 32.1 Å². The Morgan fingerprint density at radius 3 is 2.47 bits per heavy atom. The van der Waals surface area contributed by atoms with E-state index in [2.05, 4.69) is 20.8 Å². The first-order valence-corrected chi connectivity index (χ1v) is 7.39. The highest BCUT2D eigenvalue weighted by molar-refractivity contribution is 8.05. The Bertz CT molecular complexity index is 462. The summed E-state index contributed by atoms with van der Waals surface area (Å²) in [5, 5.41) is 13.5. The van der Waals surface area contributed by atoms with Crippen LogP contribution in [0.5, 0.6) is 0 Å². The number of hydrogen-bond donors (Lipinski definition) is 0. The van der Waals surface area contributed by atoms with Crippen LogP contribution in [0.1, 0.15) is 27.2 Å². The van der Waals surface area contributed by atoms with Gasteiger partial charge in [-0.2, -0.15) is 0 Å². The molecule has 1 unspecified atom stereocenters. The lowest BCUT2D eigenvalue weighted by Crippen LogP contribution is -2.38. The quantitative estimate of drug-likeness (QED) is 0.766. The molecule has 1 nitrogen and oxygen atoms in total. The zero-order valence-electron chi connectivity index (χ0n) is 10.4. The Kier molecular flexibility index (Phi) is 3.77. The van der Waals surface area contributed by atoms with Gasteiger partial charge >= 0.3 is 0 Å². The lowest BCUT2D eigenvalue weighted by molar-refractivity contribution is -0.215. The fourth-order valence-corrected chi connectivity index (χ4v) is 4.39. The molecule has 0 saturated carbocycles. The molecule has 0 aromatic heterocycles. The average Bonchev–Trinajstić information content (AvgIpc) is 2.55. The number of rotatable bonds is 2. The zero-order chi connectivity index (χ0) is 12.5. The van der Waals surface area contributed by atoms with Crippen LogP contribution in [0.25, 0.3) is 0 Å². The summed E-state index contributed by atoms with van der Waals surface area (Å²) in [5.41, 5.74) is 1.67. The van der Waals surface area contributed by atoms with E-state index >= 15 is 0 Å². The molecule has 0 aliphatic carbocycles. The fourth-order valence-electron chi connectivity index (χ4n) is 1.95. The van der Waals surface area contributed by atoms with E-state index in [-0.39, 0.29) is 4.75 Å². The number of thioether (sulfide) groups is 1. The second-order valence-electron chi connectivity index (χ2n) is 4.60. The molecule has 0 spiro atoms. The fraction of sp³-hybridized carbons (Fsp3) is 0.357. The Morgan fingerprint density at radius 2 is 1.94 bits per heavy atom. The number of benzene rings is 1. The first-order valence-electron chi connectivity index (χ1n) is 5.68. The van der Waals surface area contributed by atoms with Crippen LogP contribution in [-0.4, -0.2) is 10.2 Å². The van der Waals surface area contributed by atoms with Crippen LogP contribution in [0, 0.1) is 0 Å². The third-order valence-corrected chi connectivity index (χ3v) is 5.86. The molecule has 90 valence electrons. The molecule has 2 rings (SSSR count). The Morgan fingerprint density at radius 1 is 1.29 bits per heavy atom. The van der Waals surface area contributed by atoms with Crippen LogP contribution in [0.4, 0.5) is 0 Å². The molecule has 0 amide bonds. The SMILES string of the molecule is CC1=C(C)SC(C)(C([O-])=Pc2ccccc2)C1. The van der Waals surface area contributed by atoms with Crippen molar-refractivity contribution >= 4 is 30.8 Å². The molecule has 0 saturated heterocycles. The third kappa shape index (κ3) is 2.82. The lowest BCUT2D eigenvalue weighted by atomic mass is 10.0. The van der Waals surface area contributed by atoms with Crippen molar-refractivity contribution in [3.8, 4) is 0 Å². The molecule has 1 aliphatic rings. The molecule has 1 aromatic carbocycles. The lowest BCUT2D eigenvalue weighted by Gasteiger charge is -2.31. The summed E-state index contributed by atoms with van der Waals surface area (Å²) in [5.74, 6) is 0. The predicted molar refractivity (Wildman–Crippen MR) is 77.0 cm³/mol. The Balaban J connectivity index is 2.22. The van der Waals surface area contributed by atoms with E-state index < -0.39 is 0 Å². The normalized spacial score (nSPS) is 25.5. The summed E-state index contributed by atoms with van der Waals surface area (Å²) >= 11 is 1.73. The standard InChI is InChI=1S/C14H17OPS/c1-10-9-14(3,17-11(10)2)13(15)16-12-7-5-4-6-8-12/h4-8,15H,9H2,1-3H3/p-1. The third-order valence-electron chi connectivity index (χ3n) is 3.02. The highest BCUT2D eigenvalue weighted by Gasteiger charge is 2.31. The summed E-state index contributed by atoms with van der Waals surface area (Å²) in [6, 6.07) is 9.96. The molecule has 1 heterocycles. The van der Waals surface area contributed by atoms with E-state index in [9.17, 15) is 5.11 Å². The van der Waals surface area contributed by atoms with Gasteiger partial charge in [-0.25, -0.2) is 0 Å². The minimum absolute atomic E-state index is 0.258. The largest absolute Gasteiger partial charge is 0.826 e. The molecular formula is C14H16OPS-. The molecule has 3 heteroatoms.